The van der Waals surface area contributed by atoms with Crippen LogP contribution in [0.3, 0.4) is 0 Å². The van der Waals surface area contributed by atoms with Gasteiger partial charge >= 0.3 is 0 Å². The summed E-state index contributed by atoms with van der Waals surface area (Å²) in [5.74, 6) is 1.05. The molecule has 0 saturated carbocycles. The normalized spacial score (nSPS) is 25.7. The second kappa shape index (κ2) is 6.46. The summed E-state index contributed by atoms with van der Waals surface area (Å²) in [6.07, 6.45) is 5.88. The quantitative estimate of drug-likeness (QED) is 0.895. The van der Waals surface area contributed by atoms with E-state index in [1.807, 2.05) is 6.07 Å². The molecular weight excluding hydrogens is 318 g/mol. The van der Waals surface area contributed by atoms with E-state index < -0.39 is 0 Å². The Labute approximate surface area is 129 Å². The van der Waals surface area contributed by atoms with Gasteiger partial charge in [-0.05, 0) is 56.0 Å². The molecule has 0 amide bonds. The van der Waals surface area contributed by atoms with Gasteiger partial charge in [0.15, 0.2) is 0 Å². The van der Waals surface area contributed by atoms with Crippen LogP contribution in [-0.4, -0.2) is 41.8 Å². The highest BCUT2D eigenvalue weighted by Crippen LogP contribution is 2.32. The van der Waals surface area contributed by atoms with Gasteiger partial charge in [0, 0.05) is 30.1 Å². The highest BCUT2D eigenvalue weighted by Gasteiger charge is 2.30. The lowest BCUT2D eigenvalue weighted by Crippen LogP contribution is -2.38. The predicted molar refractivity (Wildman–Crippen MR) is 83.2 cm³/mol. The van der Waals surface area contributed by atoms with E-state index in [0.717, 1.165) is 36.0 Å². The number of aliphatic hydroxyl groups is 1. The standard InChI is InChI=1S/C16H22BrNO2/c17-13-5-6-16-12(9-13)10-15(20-16)11-18-7-1-3-14(18)4-2-8-19/h5-6,9,14-15,19H,1-4,7-8,10-11H2. The predicted octanol–water partition coefficient (Wildman–Crippen LogP) is 2.99. The fraction of sp³-hybridized carbons (Fsp3) is 0.625. The van der Waals surface area contributed by atoms with Gasteiger partial charge in [-0.3, -0.25) is 4.90 Å². The molecule has 0 radical (unpaired) electrons. The van der Waals surface area contributed by atoms with Gasteiger partial charge in [-0.25, -0.2) is 0 Å². The molecule has 1 fully saturated rings. The van der Waals surface area contributed by atoms with Gasteiger partial charge in [0.25, 0.3) is 0 Å². The molecule has 2 aliphatic heterocycles. The summed E-state index contributed by atoms with van der Waals surface area (Å²) in [6, 6.07) is 6.91. The van der Waals surface area contributed by atoms with Gasteiger partial charge < -0.3 is 9.84 Å². The fourth-order valence-corrected chi connectivity index (χ4v) is 3.85. The Kier molecular flexibility index (Phi) is 4.64. The van der Waals surface area contributed by atoms with Crippen molar-refractivity contribution in [2.24, 2.45) is 0 Å². The van der Waals surface area contributed by atoms with Crippen LogP contribution in [0, 0.1) is 0 Å². The molecule has 2 aliphatic rings. The highest BCUT2D eigenvalue weighted by molar-refractivity contribution is 9.10. The molecule has 4 heteroatoms. The Morgan fingerprint density at radius 1 is 1.40 bits per heavy atom. The van der Waals surface area contributed by atoms with Crippen LogP contribution in [0.4, 0.5) is 0 Å². The van der Waals surface area contributed by atoms with Crippen LogP contribution < -0.4 is 4.74 Å². The van der Waals surface area contributed by atoms with Gasteiger partial charge in [-0.15, -0.1) is 0 Å². The minimum absolute atomic E-state index is 0.286. The molecule has 0 spiro atoms. The van der Waals surface area contributed by atoms with Crippen molar-refractivity contribution in [2.45, 2.75) is 44.2 Å². The Balaban J connectivity index is 1.57. The van der Waals surface area contributed by atoms with E-state index in [0.29, 0.717) is 12.6 Å². The molecule has 1 N–H and O–H groups in total. The van der Waals surface area contributed by atoms with Gasteiger partial charge in [0.2, 0.25) is 0 Å². The number of fused-ring (bicyclic) bond motifs is 1. The number of hydrogen-bond acceptors (Lipinski definition) is 3. The Morgan fingerprint density at radius 3 is 3.15 bits per heavy atom. The van der Waals surface area contributed by atoms with E-state index in [2.05, 4.69) is 33.0 Å². The zero-order valence-corrected chi connectivity index (χ0v) is 13.3. The van der Waals surface area contributed by atoms with Crippen molar-refractivity contribution in [3.05, 3.63) is 28.2 Å². The third kappa shape index (κ3) is 3.18. The molecule has 1 aromatic rings. The molecule has 110 valence electrons. The SMILES string of the molecule is OCCCC1CCCN1CC1Cc2cc(Br)ccc2O1. The second-order valence-corrected chi connectivity index (χ2v) is 6.77. The topological polar surface area (TPSA) is 32.7 Å². The van der Waals surface area contributed by atoms with Crippen LogP contribution in [0.2, 0.25) is 0 Å². The van der Waals surface area contributed by atoms with Gasteiger partial charge in [0.1, 0.15) is 11.9 Å². The molecule has 2 atom stereocenters. The number of likely N-dealkylation sites (tertiary alicyclic amines) is 1. The molecule has 1 aromatic carbocycles. The average Bonchev–Trinajstić information content (AvgIpc) is 3.02. The number of aliphatic hydroxyl groups excluding tert-OH is 1. The summed E-state index contributed by atoms with van der Waals surface area (Å²) in [4.78, 5) is 2.56. The van der Waals surface area contributed by atoms with Crippen molar-refractivity contribution in [3.63, 3.8) is 0 Å². The van der Waals surface area contributed by atoms with Crippen LogP contribution in [0.15, 0.2) is 22.7 Å². The molecule has 0 aliphatic carbocycles. The number of halogens is 1. The maximum Gasteiger partial charge on any atom is 0.123 e. The molecular formula is C16H22BrNO2. The smallest absolute Gasteiger partial charge is 0.123 e. The number of rotatable bonds is 5. The molecule has 1 saturated heterocycles. The maximum absolute atomic E-state index is 8.99. The first-order valence-electron chi connectivity index (χ1n) is 7.56. The van der Waals surface area contributed by atoms with Crippen LogP contribution in [0.5, 0.6) is 5.75 Å². The van der Waals surface area contributed by atoms with Gasteiger partial charge in [-0.1, -0.05) is 15.9 Å². The summed E-state index contributed by atoms with van der Waals surface area (Å²) < 4.78 is 7.19. The summed E-state index contributed by atoms with van der Waals surface area (Å²) in [7, 11) is 0. The summed E-state index contributed by atoms with van der Waals surface area (Å²) >= 11 is 3.52. The lowest BCUT2D eigenvalue weighted by molar-refractivity contribution is 0.134. The van der Waals surface area contributed by atoms with Crippen LogP contribution >= 0.6 is 15.9 Å². The van der Waals surface area contributed by atoms with Crippen molar-refractivity contribution >= 4 is 15.9 Å². The zero-order valence-electron chi connectivity index (χ0n) is 11.7. The monoisotopic (exact) mass is 339 g/mol. The Morgan fingerprint density at radius 2 is 2.30 bits per heavy atom. The first-order chi connectivity index (χ1) is 9.76. The summed E-state index contributed by atoms with van der Waals surface area (Å²) in [6.45, 7) is 2.50. The Bertz CT molecular complexity index is 466. The first-order valence-corrected chi connectivity index (χ1v) is 8.35. The molecule has 2 unspecified atom stereocenters. The third-order valence-corrected chi connectivity index (χ3v) is 4.89. The zero-order chi connectivity index (χ0) is 13.9. The highest BCUT2D eigenvalue weighted by atomic mass is 79.9. The maximum atomic E-state index is 8.99. The first kappa shape index (κ1) is 14.4. The van der Waals surface area contributed by atoms with Crippen LogP contribution in [-0.2, 0) is 6.42 Å². The van der Waals surface area contributed by atoms with Crippen molar-refractivity contribution < 1.29 is 9.84 Å². The van der Waals surface area contributed by atoms with Crippen molar-refractivity contribution in [1.82, 2.24) is 4.90 Å². The van der Waals surface area contributed by atoms with Crippen molar-refractivity contribution in [2.75, 3.05) is 19.7 Å². The number of nitrogens with zero attached hydrogens (tertiary/aromatic N) is 1. The van der Waals surface area contributed by atoms with E-state index in [1.54, 1.807) is 0 Å². The second-order valence-electron chi connectivity index (χ2n) is 5.85. The van der Waals surface area contributed by atoms with Gasteiger partial charge in [0.05, 0.1) is 0 Å². The lowest BCUT2D eigenvalue weighted by atomic mass is 10.1. The molecule has 0 aromatic heterocycles. The largest absolute Gasteiger partial charge is 0.488 e. The minimum atomic E-state index is 0.286. The summed E-state index contributed by atoms with van der Waals surface area (Å²) in [5, 5.41) is 8.99. The minimum Gasteiger partial charge on any atom is -0.488 e. The number of hydrogen-bond donors (Lipinski definition) is 1. The average molecular weight is 340 g/mol. The van der Waals surface area contributed by atoms with E-state index >= 15 is 0 Å². The van der Waals surface area contributed by atoms with Crippen LogP contribution in [0.1, 0.15) is 31.2 Å². The van der Waals surface area contributed by atoms with E-state index in [-0.39, 0.29) is 6.10 Å². The lowest BCUT2D eigenvalue weighted by Gasteiger charge is -2.26. The molecule has 3 rings (SSSR count). The van der Waals surface area contributed by atoms with E-state index in [4.69, 9.17) is 9.84 Å². The molecule has 2 heterocycles. The number of ether oxygens (including phenoxy) is 1. The fourth-order valence-electron chi connectivity index (χ4n) is 3.44. The van der Waals surface area contributed by atoms with Crippen molar-refractivity contribution in [3.8, 4) is 5.75 Å². The molecule has 20 heavy (non-hydrogen) atoms. The van der Waals surface area contributed by atoms with Crippen LogP contribution in [0.25, 0.3) is 0 Å². The van der Waals surface area contributed by atoms with Crippen molar-refractivity contribution in [1.29, 1.82) is 0 Å². The number of benzene rings is 1. The van der Waals surface area contributed by atoms with E-state index in [9.17, 15) is 0 Å². The molecule has 3 nitrogen and oxygen atoms in total. The van der Waals surface area contributed by atoms with Gasteiger partial charge in [-0.2, -0.15) is 0 Å². The molecule has 0 bridgehead atoms. The third-order valence-electron chi connectivity index (χ3n) is 4.40. The Hall–Kier alpha value is -0.580. The summed E-state index contributed by atoms with van der Waals surface area (Å²) in [5.41, 5.74) is 1.32. The van der Waals surface area contributed by atoms with E-state index in [1.165, 1.54) is 24.9 Å².